The molecule has 0 unspecified atom stereocenters. The second-order valence-corrected chi connectivity index (χ2v) is 10.3. The van der Waals surface area contributed by atoms with Crippen molar-refractivity contribution in [2.75, 3.05) is 37.5 Å². The minimum absolute atomic E-state index is 0.284. The fourth-order valence-electron chi connectivity index (χ4n) is 5.11. The number of fused-ring (bicyclic) bond motifs is 3. The molecule has 0 spiro atoms. The molecule has 1 saturated heterocycles. The van der Waals surface area contributed by atoms with E-state index in [1.807, 2.05) is 59.5 Å². The summed E-state index contributed by atoms with van der Waals surface area (Å²) in [4.78, 5) is 7.00. The molecule has 0 radical (unpaired) electrons. The van der Waals surface area contributed by atoms with Gasteiger partial charge >= 0.3 is 0 Å². The van der Waals surface area contributed by atoms with Crippen molar-refractivity contribution in [3.8, 4) is 11.5 Å². The predicted octanol–water partition coefficient (Wildman–Crippen LogP) is 4.67. The van der Waals surface area contributed by atoms with E-state index < -0.39 is 0 Å². The topological polar surface area (TPSA) is 110 Å². The number of halogens is 1. The van der Waals surface area contributed by atoms with E-state index in [1.54, 1.807) is 14.2 Å². The van der Waals surface area contributed by atoms with Crippen molar-refractivity contribution < 1.29 is 14.6 Å². The first-order chi connectivity index (χ1) is 19.5. The molecule has 0 amide bonds. The van der Waals surface area contributed by atoms with Crippen LogP contribution in [-0.2, 0) is 13.1 Å². The van der Waals surface area contributed by atoms with Crippen LogP contribution >= 0.6 is 11.6 Å². The summed E-state index contributed by atoms with van der Waals surface area (Å²) in [5, 5.41) is 30.7. The average molecular weight is 560 g/mol. The Labute approximate surface area is 236 Å². The number of hydrogen-bond donors (Lipinski definition) is 2. The number of piperidine rings is 1. The number of anilines is 2. The number of ether oxygens (including phenoxy) is 2. The maximum Gasteiger partial charge on any atom is 0.160 e. The summed E-state index contributed by atoms with van der Waals surface area (Å²) < 4.78 is 12.5. The van der Waals surface area contributed by atoms with E-state index in [0.29, 0.717) is 55.6 Å². The highest BCUT2D eigenvalue weighted by Gasteiger charge is 2.23. The molecule has 206 valence electrons. The highest BCUT2D eigenvalue weighted by molar-refractivity contribution is 6.32. The zero-order valence-corrected chi connectivity index (χ0v) is 23.1. The Balaban J connectivity index is 1.40. The highest BCUT2D eigenvalue weighted by Crippen LogP contribution is 2.35. The number of rotatable bonds is 8. The number of hydrogen-bond acceptors (Lipinski definition) is 9. The number of aliphatic hydroxyl groups excluding tert-OH is 1. The van der Waals surface area contributed by atoms with E-state index in [-0.39, 0.29) is 6.10 Å². The lowest BCUT2D eigenvalue weighted by Gasteiger charge is -2.31. The molecule has 0 aliphatic carbocycles. The number of pyridine rings is 1. The molecule has 10 nitrogen and oxygen atoms in total. The first kappa shape index (κ1) is 26.1. The largest absolute Gasteiger partial charge is 0.497 e. The van der Waals surface area contributed by atoms with E-state index in [4.69, 9.17) is 31.2 Å². The predicted molar refractivity (Wildman–Crippen MR) is 156 cm³/mol. The van der Waals surface area contributed by atoms with E-state index >= 15 is 0 Å². The van der Waals surface area contributed by atoms with Crippen LogP contribution in [0.4, 0.5) is 11.6 Å². The lowest BCUT2D eigenvalue weighted by Crippen LogP contribution is -2.36. The SMILES string of the molecule is COc1ccc(Cn2ncc3c4c(NCc5ccc(OC)c(Cl)c5)nnc(N5CCC(O)CC5)c4cnc32)cc1. The van der Waals surface area contributed by atoms with Crippen LogP contribution < -0.4 is 19.7 Å². The van der Waals surface area contributed by atoms with Crippen molar-refractivity contribution in [1.29, 1.82) is 0 Å². The Morgan fingerprint density at radius 2 is 1.75 bits per heavy atom. The van der Waals surface area contributed by atoms with Crippen molar-refractivity contribution >= 4 is 45.0 Å². The summed E-state index contributed by atoms with van der Waals surface area (Å²) >= 11 is 6.36. The molecule has 2 N–H and O–H groups in total. The van der Waals surface area contributed by atoms with Gasteiger partial charge in [-0.05, 0) is 48.2 Å². The molecule has 0 bridgehead atoms. The second-order valence-electron chi connectivity index (χ2n) is 9.85. The number of aromatic nitrogens is 5. The van der Waals surface area contributed by atoms with Gasteiger partial charge in [0.1, 0.15) is 11.5 Å². The first-order valence-electron chi connectivity index (χ1n) is 13.2. The monoisotopic (exact) mass is 559 g/mol. The van der Waals surface area contributed by atoms with Gasteiger partial charge in [-0.2, -0.15) is 5.10 Å². The smallest absolute Gasteiger partial charge is 0.160 e. The van der Waals surface area contributed by atoms with Crippen LogP contribution in [0.15, 0.2) is 54.9 Å². The number of methoxy groups -OCH3 is 2. The van der Waals surface area contributed by atoms with Gasteiger partial charge in [0, 0.05) is 36.6 Å². The average Bonchev–Trinajstić information content (AvgIpc) is 3.39. The Bertz CT molecular complexity index is 1650. The van der Waals surface area contributed by atoms with Crippen LogP contribution in [0.5, 0.6) is 11.5 Å². The molecule has 3 aromatic heterocycles. The number of benzene rings is 2. The number of nitrogens with zero attached hydrogens (tertiary/aromatic N) is 6. The maximum atomic E-state index is 10.0. The lowest BCUT2D eigenvalue weighted by atomic mass is 10.1. The zero-order valence-electron chi connectivity index (χ0n) is 22.3. The van der Waals surface area contributed by atoms with Gasteiger partial charge in [0.15, 0.2) is 17.3 Å². The standard InChI is InChI=1S/C29H30ClN7O3/c1-39-21-6-3-18(4-7-21)17-37-28-23(16-33-37)26-22(15-32-28)29(36-11-9-20(38)10-12-36)35-34-27(26)31-14-19-5-8-25(40-2)24(30)13-19/h3-8,13,15-16,20,38H,9-12,14,17H2,1-2H3,(H,31,34). The lowest BCUT2D eigenvalue weighted by molar-refractivity contribution is 0.145. The van der Waals surface area contributed by atoms with E-state index in [9.17, 15) is 5.11 Å². The van der Waals surface area contributed by atoms with Gasteiger partial charge in [0.05, 0.1) is 43.5 Å². The molecular formula is C29H30ClN7O3. The van der Waals surface area contributed by atoms with Crippen molar-refractivity contribution in [2.45, 2.75) is 32.0 Å². The van der Waals surface area contributed by atoms with Gasteiger partial charge in [-0.25, -0.2) is 9.67 Å². The summed E-state index contributed by atoms with van der Waals surface area (Å²) in [5.41, 5.74) is 2.82. The molecule has 0 atom stereocenters. The third kappa shape index (κ3) is 5.07. The Hall–Kier alpha value is -4.15. The van der Waals surface area contributed by atoms with Crippen LogP contribution in [0, 0.1) is 0 Å². The molecule has 5 aromatic rings. The van der Waals surface area contributed by atoms with Crippen LogP contribution in [0.3, 0.4) is 0 Å². The van der Waals surface area contributed by atoms with Crippen molar-refractivity contribution in [3.05, 3.63) is 71.0 Å². The normalized spacial score (nSPS) is 14.2. The maximum absolute atomic E-state index is 10.0. The minimum atomic E-state index is -0.284. The molecule has 11 heteroatoms. The van der Waals surface area contributed by atoms with Gasteiger partial charge in [-0.3, -0.25) is 0 Å². The van der Waals surface area contributed by atoms with Crippen molar-refractivity contribution in [3.63, 3.8) is 0 Å². The van der Waals surface area contributed by atoms with Crippen LogP contribution in [0.2, 0.25) is 5.02 Å². The Morgan fingerprint density at radius 1 is 0.975 bits per heavy atom. The molecular weight excluding hydrogens is 530 g/mol. The third-order valence-corrected chi connectivity index (χ3v) is 7.62. The number of nitrogens with one attached hydrogen (secondary N) is 1. The van der Waals surface area contributed by atoms with Crippen LogP contribution in [0.25, 0.3) is 21.8 Å². The summed E-state index contributed by atoms with van der Waals surface area (Å²) in [6, 6.07) is 13.6. The van der Waals surface area contributed by atoms with Gasteiger partial charge < -0.3 is 24.8 Å². The summed E-state index contributed by atoms with van der Waals surface area (Å²) in [6.45, 7) is 2.47. The van der Waals surface area contributed by atoms with Gasteiger partial charge in [-0.15, -0.1) is 10.2 Å². The van der Waals surface area contributed by atoms with E-state index in [2.05, 4.69) is 20.4 Å². The quantitative estimate of drug-likeness (QED) is 0.280. The minimum Gasteiger partial charge on any atom is -0.497 e. The van der Waals surface area contributed by atoms with Crippen LogP contribution in [0.1, 0.15) is 24.0 Å². The summed E-state index contributed by atoms with van der Waals surface area (Å²) in [6.07, 6.45) is 4.80. The van der Waals surface area contributed by atoms with Gasteiger partial charge in [0.25, 0.3) is 0 Å². The first-order valence-corrected chi connectivity index (χ1v) is 13.5. The zero-order chi connectivity index (χ0) is 27.6. The molecule has 0 saturated carbocycles. The van der Waals surface area contributed by atoms with E-state index in [1.165, 1.54) is 0 Å². The molecule has 6 rings (SSSR count). The fraction of sp³-hybridized carbons (Fsp3) is 0.310. The second kappa shape index (κ2) is 11.1. The molecule has 2 aromatic carbocycles. The molecule has 4 heterocycles. The molecule has 1 aliphatic rings. The van der Waals surface area contributed by atoms with Crippen molar-refractivity contribution in [1.82, 2.24) is 25.0 Å². The Kier molecular flexibility index (Phi) is 7.27. The highest BCUT2D eigenvalue weighted by atomic mass is 35.5. The molecule has 1 aliphatic heterocycles. The van der Waals surface area contributed by atoms with E-state index in [0.717, 1.165) is 44.5 Å². The van der Waals surface area contributed by atoms with Crippen molar-refractivity contribution in [2.24, 2.45) is 0 Å². The Morgan fingerprint density at radius 3 is 2.48 bits per heavy atom. The summed E-state index contributed by atoms with van der Waals surface area (Å²) in [7, 11) is 3.25. The van der Waals surface area contributed by atoms with Gasteiger partial charge in [-0.1, -0.05) is 29.8 Å². The third-order valence-electron chi connectivity index (χ3n) is 7.32. The van der Waals surface area contributed by atoms with Crippen LogP contribution in [-0.4, -0.2) is 63.5 Å². The summed E-state index contributed by atoms with van der Waals surface area (Å²) in [5.74, 6) is 2.84. The van der Waals surface area contributed by atoms with Gasteiger partial charge in [0.2, 0.25) is 0 Å². The number of aliphatic hydroxyl groups is 1. The molecule has 1 fully saturated rings. The fourth-order valence-corrected chi connectivity index (χ4v) is 5.39. The molecule has 40 heavy (non-hydrogen) atoms.